The molecule has 0 spiro atoms. The maximum Gasteiger partial charge on any atom is 0.433 e. The first-order valence-corrected chi connectivity index (χ1v) is 6.07. The largest absolute Gasteiger partial charge is 0.507 e. The fraction of sp³-hybridized carbons (Fsp3) is 0.167. The zero-order chi connectivity index (χ0) is 15.1. The summed E-state index contributed by atoms with van der Waals surface area (Å²) in [7, 11) is 1.16. The highest BCUT2D eigenvalue weighted by molar-refractivity contribution is 9.10. The minimum Gasteiger partial charge on any atom is -0.507 e. The zero-order valence-electron chi connectivity index (χ0n) is 10.0. The van der Waals surface area contributed by atoms with Crippen LogP contribution < -0.4 is 0 Å². The summed E-state index contributed by atoms with van der Waals surface area (Å²) in [5.74, 6) is -0.261. The first kappa shape index (κ1) is 14.4. The lowest BCUT2D eigenvalue weighted by Gasteiger charge is -2.04. The standard InChI is InChI=1S/C12H7BrF3N3O/c1-19-11(12(14,15)16)4-9(18-19)7-2-6(5-17)8(13)3-10(7)20/h2-4,20H,1H3. The highest BCUT2D eigenvalue weighted by Crippen LogP contribution is 2.36. The van der Waals surface area contributed by atoms with E-state index in [1.54, 1.807) is 0 Å². The number of halogens is 4. The number of aryl methyl sites for hydroxylation is 1. The van der Waals surface area contributed by atoms with Crippen molar-refractivity contribution in [2.75, 3.05) is 0 Å². The highest BCUT2D eigenvalue weighted by Gasteiger charge is 2.35. The van der Waals surface area contributed by atoms with E-state index < -0.39 is 11.9 Å². The first-order chi connectivity index (χ1) is 9.24. The van der Waals surface area contributed by atoms with Gasteiger partial charge in [-0.05, 0) is 34.1 Å². The van der Waals surface area contributed by atoms with Gasteiger partial charge in [-0.2, -0.15) is 23.5 Å². The molecule has 0 saturated carbocycles. The van der Waals surface area contributed by atoms with Crippen LogP contribution in [-0.4, -0.2) is 14.9 Å². The van der Waals surface area contributed by atoms with E-state index in [9.17, 15) is 18.3 Å². The molecular weight excluding hydrogens is 339 g/mol. The van der Waals surface area contributed by atoms with Gasteiger partial charge in [-0.15, -0.1) is 0 Å². The molecular formula is C12H7BrF3N3O. The summed E-state index contributed by atoms with van der Waals surface area (Å²) in [5.41, 5.74) is -0.734. The molecule has 0 aliphatic rings. The molecule has 104 valence electrons. The van der Waals surface area contributed by atoms with Gasteiger partial charge in [0.2, 0.25) is 0 Å². The average Bonchev–Trinajstić information content (AvgIpc) is 2.71. The molecule has 8 heteroatoms. The molecule has 4 nitrogen and oxygen atoms in total. The normalized spacial score (nSPS) is 11.4. The van der Waals surface area contributed by atoms with Crippen molar-refractivity contribution in [3.63, 3.8) is 0 Å². The van der Waals surface area contributed by atoms with Crippen LogP contribution >= 0.6 is 15.9 Å². The van der Waals surface area contributed by atoms with E-state index >= 15 is 0 Å². The molecule has 0 atom stereocenters. The Morgan fingerprint density at radius 3 is 2.50 bits per heavy atom. The molecule has 0 radical (unpaired) electrons. The third-order valence-electron chi connectivity index (χ3n) is 2.65. The molecule has 0 aliphatic heterocycles. The Morgan fingerprint density at radius 1 is 1.35 bits per heavy atom. The monoisotopic (exact) mass is 345 g/mol. The Morgan fingerprint density at radius 2 is 2.00 bits per heavy atom. The van der Waals surface area contributed by atoms with Crippen LogP contribution in [0.5, 0.6) is 5.75 Å². The summed E-state index contributed by atoms with van der Waals surface area (Å²) in [4.78, 5) is 0. The van der Waals surface area contributed by atoms with Crippen LogP contribution in [0.2, 0.25) is 0 Å². The molecule has 1 heterocycles. The Hall–Kier alpha value is -2.01. The van der Waals surface area contributed by atoms with Crippen molar-refractivity contribution < 1.29 is 18.3 Å². The minimum atomic E-state index is -4.54. The Balaban J connectivity index is 2.62. The van der Waals surface area contributed by atoms with Crippen LogP contribution in [0.4, 0.5) is 13.2 Å². The van der Waals surface area contributed by atoms with E-state index in [-0.39, 0.29) is 22.6 Å². The molecule has 1 N–H and O–H groups in total. The highest BCUT2D eigenvalue weighted by atomic mass is 79.9. The predicted octanol–water partition coefficient (Wildman–Crippen LogP) is 3.45. The lowest BCUT2D eigenvalue weighted by molar-refractivity contribution is -0.143. The van der Waals surface area contributed by atoms with Gasteiger partial charge >= 0.3 is 6.18 Å². The summed E-state index contributed by atoms with van der Waals surface area (Å²) >= 11 is 3.08. The molecule has 2 rings (SSSR count). The van der Waals surface area contributed by atoms with Gasteiger partial charge in [0.05, 0.1) is 11.3 Å². The fourth-order valence-electron chi connectivity index (χ4n) is 1.72. The SMILES string of the molecule is Cn1nc(-c2cc(C#N)c(Br)cc2O)cc1C(F)(F)F. The summed E-state index contributed by atoms with van der Waals surface area (Å²) in [5, 5.41) is 22.4. The zero-order valence-corrected chi connectivity index (χ0v) is 11.6. The second kappa shape index (κ2) is 4.83. The van der Waals surface area contributed by atoms with E-state index in [0.717, 1.165) is 13.1 Å². The molecule has 1 aromatic heterocycles. The number of phenolic OH excluding ortho intramolecular Hbond substituents is 1. The van der Waals surface area contributed by atoms with Gasteiger partial charge in [0.15, 0.2) is 0 Å². The molecule has 0 amide bonds. The first-order valence-electron chi connectivity index (χ1n) is 5.28. The van der Waals surface area contributed by atoms with Gasteiger partial charge < -0.3 is 5.11 Å². The lowest BCUT2D eigenvalue weighted by atomic mass is 10.1. The molecule has 20 heavy (non-hydrogen) atoms. The van der Waals surface area contributed by atoms with Crippen LogP contribution in [0.25, 0.3) is 11.3 Å². The summed E-state index contributed by atoms with van der Waals surface area (Å²) in [6, 6.07) is 5.22. The van der Waals surface area contributed by atoms with E-state index in [4.69, 9.17) is 5.26 Å². The van der Waals surface area contributed by atoms with Gasteiger partial charge in [0.1, 0.15) is 17.5 Å². The third-order valence-corrected chi connectivity index (χ3v) is 3.31. The molecule has 2 aromatic rings. The maximum atomic E-state index is 12.7. The van der Waals surface area contributed by atoms with E-state index in [0.29, 0.717) is 9.15 Å². The van der Waals surface area contributed by atoms with Crippen molar-refractivity contribution in [1.82, 2.24) is 9.78 Å². The van der Waals surface area contributed by atoms with E-state index in [2.05, 4.69) is 21.0 Å². The van der Waals surface area contributed by atoms with Crippen molar-refractivity contribution in [1.29, 1.82) is 5.26 Å². The second-order valence-corrected chi connectivity index (χ2v) is 4.85. The topological polar surface area (TPSA) is 61.8 Å². The molecule has 0 unspecified atom stereocenters. The molecule has 0 saturated heterocycles. The van der Waals surface area contributed by atoms with Gasteiger partial charge in [-0.3, -0.25) is 4.68 Å². The molecule has 0 aliphatic carbocycles. The van der Waals surface area contributed by atoms with Crippen LogP contribution in [0.15, 0.2) is 22.7 Å². The summed E-state index contributed by atoms with van der Waals surface area (Å²) < 4.78 is 39.2. The number of rotatable bonds is 1. The Labute approximate surface area is 120 Å². The maximum absolute atomic E-state index is 12.7. The number of aromatic nitrogens is 2. The summed E-state index contributed by atoms with van der Waals surface area (Å²) in [6.45, 7) is 0. The number of aromatic hydroxyl groups is 1. The fourth-order valence-corrected chi connectivity index (χ4v) is 2.14. The number of hydrogen-bond acceptors (Lipinski definition) is 3. The Bertz CT molecular complexity index is 716. The van der Waals surface area contributed by atoms with Crippen molar-refractivity contribution in [3.8, 4) is 23.1 Å². The number of alkyl halides is 3. The third kappa shape index (κ3) is 2.49. The van der Waals surface area contributed by atoms with Crippen molar-refractivity contribution in [2.45, 2.75) is 6.18 Å². The van der Waals surface area contributed by atoms with E-state index in [1.807, 2.05) is 6.07 Å². The quantitative estimate of drug-likeness (QED) is 0.860. The van der Waals surface area contributed by atoms with Crippen LogP contribution in [0.3, 0.4) is 0 Å². The lowest BCUT2D eigenvalue weighted by Crippen LogP contribution is -2.11. The second-order valence-electron chi connectivity index (χ2n) is 4.00. The molecule has 0 bridgehead atoms. The molecule has 1 aromatic carbocycles. The van der Waals surface area contributed by atoms with Crippen LogP contribution in [0, 0.1) is 11.3 Å². The van der Waals surface area contributed by atoms with Gasteiger partial charge in [-0.1, -0.05) is 0 Å². The van der Waals surface area contributed by atoms with Crippen molar-refractivity contribution in [2.24, 2.45) is 7.05 Å². The Kier molecular flexibility index (Phi) is 3.48. The van der Waals surface area contributed by atoms with Gasteiger partial charge in [-0.25, -0.2) is 0 Å². The van der Waals surface area contributed by atoms with Crippen molar-refractivity contribution in [3.05, 3.63) is 33.9 Å². The smallest absolute Gasteiger partial charge is 0.433 e. The van der Waals surface area contributed by atoms with Crippen molar-refractivity contribution >= 4 is 15.9 Å². The molecule has 0 fully saturated rings. The van der Waals surface area contributed by atoms with Gasteiger partial charge in [0, 0.05) is 17.1 Å². The van der Waals surface area contributed by atoms with Crippen LogP contribution in [0.1, 0.15) is 11.3 Å². The van der Waals surface area contributed by atoms with Crippen LogP contribution in [-0.2, 0) is 13.2 Å². The van der Waals surface area contributed by atoms with Gasteiger partial charge in [0.25, 0.3) is 0 Å². The number of phenols is 1. The van der Waals surface area contributed by atoms with E-state index in [1.165, 1.54) is 12.1 Å². The number of benzene rings is 1. The predicted molar refractivity (Wildman–Crippen MR) is 67.7 cm³/mol. The minimum absolute atomic E-state index is 0.0543. The summed E-state index contributed by atoms with van der Waals surface area (Å²) in [6.07, 6.45) is -4.54. The number of nitriles is 1. The number of hydrogen-bond donors (Lipinski definition) is 1. The average molecular weight is 346 g/mol. The number of nitrogens with zero attached hydrogens (tertiary/aromatic N) is 3.